The Morgan fingerprint density at radius 2 is 1.95 bits per heavy atom. The number of benzene rings is 1. The maximum absolute atomic E-state index is 11.4. The second-order valence-corrected chi connectivity index (χ2v) is 5.44. The van der Waals surface area contributed by atoms with Gasteiger partial charge in [-0.3, -0.25) is 0 Å². The van der Waals surface area contributed by atoms with E-state index in [0.717, 1.165) is 14.5 Å². The van der Waals surface area contributed by atoms with E-state index in [9.17, 15) is 4.79 Å². The summed E-state index contributed by atoms with van der Waals surface area (Å²) in [7, 11) is 0. The van der Waals surface area contributed by atoms with Crippen LogP contribution >= 0.6 is 22.6 Å². The summed E-state index contributed by atoms with van der Waals surface area (Å²) in [4.78, 5) is 19.5. The maximum Gasteiger partial charge on any atom is 0.336 e. The van der Waals surface area contributed by atoms with Crippen LogP contribution in [-0.2, 0) is 0 Å². The Hall–Kier alpha value is -1.96. The van der Waals surface area contributed by atoms with Crippen molar-refractivity contribution >= 4 is 33.6 Å². The molecule has 20 heavy (non-hydrogen) atoms. The van der Waals surface area contributed by atoms with Gasteiger partial charge < -0.3 is 9.15 Å². The van der Waals surface area contributed by atoms with Gasteiger partial charge >= 0.3 is 11.6 Å². The highest BCUT2D eigenvalue weighted by atomic mass is 127. The number of ether oxygens (including phenoxy) is 1. The van der Waals surface area contributed by atoms with Crippen molar-refractivity contribution in [2.45, 2.75) is 6.92 Å². The summed E-state index contributed by atoms with van der Waals surface area (Å²) in [6.45, 7) is 1.86. The standard InChI is InChI=1S/C14H9IN2O3/c1-8-4-13(18)20-12-5-10(2-3-11(8)12)19-14-16-6-9(15)7-17-14/h2-7H,1H3. The van der Waals surface area contributed by atoms with Crippen molar-refractivity contribution in [3.63, 3.8) is 0 Å². The molecular formula is C14H9IN2O3. The number of rotatable bonds is 2. The zero-order valence-electron chi connectivity index (χ0n) is 10.5. The largest absolute Gasteiger partial charge is 0.424 e. The van der Waals surface area contributed by atoms with Gasteiger partial charge in [0.1, 0.15) is 11.3 Å². The fourth-order valence-electron chi connectivity index (χ4n) is 1.83. The summed E-state index contributed by atoms with van der Waals surface area (Å²) in [6.07, 6.45) is 3.32. The number of aryl methyl sites for hydroxylation is 1. The van der Waals surface area contributed by atoms with Crippen LogP contribution in [0, 0.1) is 10.5 Å². The summed E-state index contributed by atoms with van der Waals surface area (Å²) in [5.41, 5.74) is 0.976. The maximum atomic E-state index is 11.4. The third-order valence-corrected chi connectivity index (χ3v) is 3.29. The number of aromatic nitrogens is 2. The molecule has 0 aliphatic rings. The first-order valence-electron chi connectivity index (χ1n) is 5.82. The lowest BCUT2D eigenvalue weighted by Crippen LogP contribution is -1.98. The smallest absolute Gasteiger partial charge is 0.336 e. The molecule has 0 bridgehead atoms. The Bertz CT molecular complexity index is 828. The Kier molecular flexibility index (Phi) is 3.39. The summed E-state index contributed by atoms with van der Waals surface area (Å²) in [6, 6.07) is 7.00. The summed E-state index contributed by atoms with van der Waals surface area (Å²) < 4.78 is 11.6. The van der Waals surface area contributed by atoms with Gasteiger partial charge in [-0.15, -0.1) is 0 Å². The quantitative estimate of drug-likeness (QED) is 0.504. The van der Waals surface area contributed by atoms with E-state index in [1.54, 1.807) is 24.5 Å². The van der Waals surface area contributed by atoms with Gasteiger partial charge in [0, 0.05) is 33.5 Å². The molecule has 0 N–H and O–H groups in total. The topological polar surface area (TPSA) is 65.2 Å². The van der Waals surface area contributed by atoms with Crippen LogP contribution in [-0.4, -0.2) is 9.97 Å². The van der Waals surface area contributed by atoms with E-state index in [4.69, 9.17) is 9.15 Å². The molecule has 0 aliphatic heterocycles. The zero-order valence-corrected chi connectivity index (χ0v) is 12.6. The average Bonchev–Trinajstić information content (AvgIpc) is 2.41. The van der Waals surface area contributed by atoms with Crippen LogP contribution in [0.4, 0.5) is 0 Å². The summed E-state index contributed by atoms with van der Waals surface area (Å²) in [5, 5.41) is 0.875. The van der Waals surface area contributed by atoms with Crippen molar-refractivity contribution in [1.82, 2.24) is 9.97 Å². The highest BCUT2D eigenvalue weighted by Gasteiger charge is 2.06. The van der Waals surface area contributed by atoms with E-state index in [1.807, 2.05) is 13.0 Å². The van der Waals surface area contributed by atoms with E-state index < -0.39 is 0 Å². The molecule has 2 heterocycles. The molecule has 0 atom stereocenters. The van der Waals surface area contributed by atoms with E-state index in [1.165, 1.54) is 6.07 Å². The summed E-state index contributed by atoms with van der Waals surface area (Å²) in [5.74, 6) is 0.521. The third kappa shape index (κ3) is 2.64. The molecule has 2 aromatic heterocycles. The molecule has 0 amide bonds. The third-order valence-electron chi connectivity index (χ3n) is 2.73. The van der Waals surface area contributed by atoms with E-state index >= 15 is 0 Å². The Morgan fingerprint density at radius 3 is 2.70 bits per heavy atom. The van der Waals surface area contributed by atoms with Crippen LogP contribution in [0.15, 0.2) is 45.9 Å². The minimum Gasteiger partial charge on any atom is -0.424 e. The van der Waals surface area contributed by atoms with Crippen LogP contribution in [0.3, 0.4) is 0 Å². The molecule has 0 aliphatic carbocycles. The van der Waals surface area contributed by atoms with Crippen LogP contribution in [0.25, 0.3) is 11.0 Å². The first-order chi connectivity index (χ1) is 9.61. The minimum atomic E-state index is -0.377. The lowest BCUT2D eigenvalue weighted by atomic mass is 10.1. The van der Waals surface area contributed by atoms with Crippen LogP contribution in [0.1, 0.15) is 5.56 Å². The van der Waals surface area contributed by atoms with Gasteiger partial charge in [-0.2, -0.15) is 0 Å². The predicted octanol–water partition coefficient (Wildman–Crippen LogP) is 3.29. The number of fused-ring (bicyclic) bond motifs is 1. The van der Waals surface area contributed by atoms with E-state index in [2.05, 4.69) is 32.6 Å². The second-order valence-electron chi connectivity index (χ2n) is 4.19. The molecule has 1 aromatic carbocycles. The lowest BCUT2D eigenvalue weighted by Gasteiger charge is -2.05. The Labute approximate surface area is 127 Å². The molecule has 0 fully saturated rings. The van der Waals surface area contributed by atoms with Gasteiger partial charge in [0.15, 0.2) is 0 Å². The first kappa shape index (κ1) is 13.0. The molecular weight excluding hydrogens is 371 g/mol. The van der Waals surface area contributed by atoms with Crippen molar-refractivity contribution in [2.75, 3.05) is 0 Å². The monoisotopic (exact) mass is 380 g/mol. The molecule has 5 nitrogen and oxygen atoms in total. The molecule has 100 valence electrons. The molecule has 3 rings (SSSR count). The number of halogens is 1. The average molecular weight is 380 g/mol. The predicted molar refractivity (Wildman–Crippen MR) is 82.0 cm³/mol. The SMILES string of the molecule is Cc1cc(=O)oc2cc(Oc3ncc(I)cn3)ccc12. The minimum absolute atomic E-state index is 0.250. The van der Waals surface area contributed by atoms with Crippen molar-refractivity contribution in [2.24, 2.45) is 0 Å². The van der Waals surface area contributed by atoms with Gasteiger partial charge in [-0.05, 0) is 47.2 Å². The van der Waals surface area contributed by atoms with Crippen molar-refractivity contribution in [1.29, 1.82) is 0 Å². The van der Waals surface area contributed by atoms with Gasteiger partial charge in [0.25, 0.3) is 0 Å². The van der Waals surface area contributed by atoms with E-state index in [-0.39, 0.29) is 11.6 Å². The van der Waals surface area contributed by atoms with Crippen LogP contribution < -0.4 is 10.4 Å². The van der Waals surface area contributed by atoms with E-state index in [0.29, 0.717) is 11.3 Å². The lowest BCUT2D eigenvalue weighted by molar-refractivity contribution is 0.440. The highest BCUT2D eigenvalue weighted by Crippen LogP contribution is 2.24. The molecule has 6 heteroatoms. The normalized spacial score (nSPS) is 10.7. The number of nitrogens with zero attached hydrogens (tertiary/aromatic N) is 2. The molecule has 0 spiro atoms. The molecule has 0 saturated carbocycles. The molecule has 0 unspecified atom stereocenters. The number of hydrogen-bond acceptors (Lipinski definition) is 5. The molecule has 0 saturated heterocycles. The van der Waals surface area contributed by atoms with Gasteiger partial charge in [0.05, 0.1) is 0 Å². The molecule has 0 radical (unpaired) electrons. The Balaban J connectivity index is 2.00. The van der Waals surface area contributed by atoms with Crippen LogP contribution in [0.5, 0.6) is 11.8 Å². The first-order valence-corrected chi connectivity index (χ1v) is 6.89. The zero-order chi connectivity index (χ0) is 14.1. The van der Waals surface area contributed by atoms with Crippen molar-refractivity contribution in [3.05, 3.63) is 56.2 Å². The van der Waals surface area contributed by atoms with Gasteiger partial charge in [-0.25, -0.2) is 14.8 Å². The van der Waals surface area contributed by atoms with Gasteiger partial charge in [0.2, 0.25) is 0 Å². The van der Waals surface area contributed by atoms with Gasteiger partial charge in [-0.1, -0.05) is 0 Å². The Morgan fingerprint density at radius 1 is 1.20 bits per heavy atom. The second kappa shape index (κ2) is 5.20. The van der Waals surface area contributed by atoms with Crippen molar-refractivity contribution in [3.8, 4) is 11.8 Å². The number of hydrogen-bond donors (Lipinski definition) is 0. The molecule has 3 aromatic rings. The van der Waals surface area contributed by atoms with Crippen LogP contribution in [0.2, 0.25) is 0 Å². The summed E-state index contributed by atoms with van der Waals surface area (Å²) >= 11 is 2.12. The highest BCUT2D eigenvalue weighted by molar-refractivity contribution is 14.1. The fraction of sp³-hybridized carbons (Fsp3) is 0.0714. The fourth-order valence-corrected chi connectivity index (χ4v) is 2.11. The van der Waals surface area contributed by atoms with Crippen molar-refractivity contribution < 1.29 is 9.15 Å².